The Labute approximate surface area is 163 Å². The van der Waals surface area contributed by atoms with Crippen LogP contribution in [0, 0.1) is 0 Å². The molecule has 0 radical (unpaired) electrons. The topological polar surface area (TPSA) is 34.4 Å². The number of aliphatic hydroxyl groups excluding tert-OH is 1. The first-order valence-corrected chi connectivity index (χ1v) is 9.56. The Morgan fingerprint density at radius 1 is 0.679 bits per heavy atom. The van der Waals surface area contributed by atoms with Gasteiger partial charge >= 0.3 is 0 Å². The van der Waals surface area contributed by atoms with E-state index in [2.05, 4.69) is 53.1 Å². The van der Waals surface area contributed by atoms with Gasteiger partial charge in [0, 0.05) is 27.2 Å². The SMILES string of the molecule is OC(COc1cccc2ccccc12)Cn1c2ccccc2c2ccccc21. The third-order valence-electron chi connectivity index (χ3n) is 5.25. The maximum absolute atomic E-state index is 10.7. The van der Waals surface area contributed by atoms with E-state index in [0.717, 1.165) is 27.6 Å². The van der Waals surface area contributed by atoms with E-state index in [1.165, 1.54) is 10.8 Å². The fourth-order valence-corrected chi connectivity index (χ4v) is 3.97. The van der Waals surface area contributed by atoms with Gasteiger partial charge in [-0.3, -0.25) is 0 Å². The lowest BCUT2D eigenvalue weighted by Crippen LogP contribution is -2.23. The number of hydrogen-bond acceptors (Lipinski definition) is 2. The Kier molecular flexibility index (Phi) is 4.22. The molecule has 138 valence electrons. The first kappa shape index (κ1) is 16.8. The monoisotopic (exact) mass is 367 g/mol. The van der Waals surface area contributed by atoms with E-state index in [-0.39, 0.29) is 6.61 Å². The Morgan fingerprint density at radius 2 is 1.25 bits per heavy atom. The van der Waals surface area contributed by atoms with Gasteiger partial charge in [0.25, 0.3) is 0 Å². The largest absolute Gasteiger partial charge is 0.490 e. The van der Waals surface area contributed by atoms with Crippen LogP contribution in [0.15, 0.2) is 91.0 Å². The summed E-state index contributed by atoms with van der Waals surface area (Å²) in [4.78, 5) is 0. The van der Waals surface area contributed by atoms with Crippen LogP contribution in [-0.4, -0.2) is 22.4 Å². The summed E-state index contributed by atoms with van der Waals surface area (Å²) in [5.74, 6) is 0.805. The standard InChI is InChI=1S/C25H21NO2/c27-19(17-28-25-15-7-9-18-8-1-2-10-20(18)25)16-26-23-13-5-3-11-21(23)22-12-4-6-14-24(22)26/h1-15,19,27H,16-17H2. The highest BCUT2D eigenvalue weighted by Gasteiger charge is 2.14. The third kappa shape index (κ3) is 2.90. The molecule has 28 heavy (non-hydrogen) atoms. The molecular formula is C25H21NO2. The van der Waals surface area contributed by atoms with Crippen molar-refractivity contribution in [2.24, 2.45) is 0 Å². The van der Waals surface area contributed by atoms with E-state index < -0.39 is 6.10 Å². The van der Waals surface area contributed by atoms with Crippen molar-refractivity contribution in [2.75, 3.05) is 6.61 Å². The van der Waals surface area contributed by atoms with Gasteiger partial charge in [-0.05, 0) is 23.6 Å². The molecule has 0 spiro atoms. The van der Waals surface area contributed by atoms with Gasteiger partial charge in [-0.25, -0.2) is 0 Å². The number of hydrogen-bond donors (Lipinski definition) is 1. The van der Waals surface area contributed by atoms with E-state index in [9.17, 15) is 5.11 Å². The van der Waals surface area contributed by atoms with Crippen LogP contribution >= 0.6 is 0 Å². The van der Waals surface area contributed by atoms with Gasteiger partial charge in [0.05, 0.1) is 6.54 Å². The number of benzene rings is 4. The smallest absolute Gasteiger partial charge is 0.127 e. The number of ether oxygens (including phenoxy) is 1. The van der Waals surface area contributed by atoms with Gasteiger partial charge in [-0.15, -0.1) is 0 Å². The molecule has 5 aromatic rings. The lowest BCUT2D eigenvalue weighted by atomic mass is 10.1. The van der Waals surface area contributed by atoms with Gasteiger partial charge in [-0.2, -0.15) is 0 Å². The Balaban J connectivity index is 1.42. The Hall–Kier alpha value is -3.30. The molecular weight excluding hydrogens is 346 g/mol. The van der Waals surface area contributed by atoms with Gasteiger partial charge in [0.2, 0.25) is 0 Å². The van der Waals surface area contributed by atoms with Crippen LogP contribution in [0.3, 0.4) is 0 Å². The van der Waals surface area contributed by atoms with E-state index in [1.807, 2.05) is 42.5 Å². The van der Waals surface area contributed by atoms with Crippen LogP contribution in [0.25, 0.3) is 32.6 Å². The van der Waals surface area contributed by atoms with Crippen molar-refractivity contribution < 1.29 is 9.84 Å². The molecule has 0 amide bonds. The van der Waals surface area contributed by atoms with Crippen molar-refractivity contribution >= 4 is 32.6 Å². The van der Waals surface area contributed by atoms with Crippen molar-refractivity contribution in [3.05, 3.63) is 91.0 Å². The second kappa shape index (κ2) is 7.02. The molecule has 1 aromatic heterocycles. The quantitative estimate of drug-likeness (QED) is 0.452. The molecule has 0 aliphatic carbocycles. The molecule has 0 fully saturated rings. The average molecular weight is 367 g/mol. The normalized spacial score (nSPS) is 12.6. The summed E-state index contributed by atoms with van der Waals surface area (Å²) in [5, 5.41) is 15.3. The van der Waals surface area contributed by atoms with Gasteiger partial charge in [-0.1, -0.05) is 72.8 Å². The van der Waals surface area contributed by atoms with Crippen molar-refractivity contribution in [3.8, 4) is 5.75 Å². The highest BCUT2D eigenvalue weighted by atomic mass is 16.5. The number of aromatic nitrogens is 1. The highest BCUT2D eigenvalue weighted by molar-refractivity contribution is 6.07. The van der Waals surface area contributed by atoms with E-state index in [1.54, 1.807) is 0 Å². The van der Waals surface area contributed by atoms with Crippen LogP contribution in [-0.2, 0) is 6.54 Å². The summed E-state index contributed by atoms with van der Waals surface area (Å²) in [6.45, 7) is 0.730. The number of aliphatic hydroxyl groups is 1. The summed E-state index contributed by atoms with van der Waals surface area (Å²) in [5.41, 5.74) is 2.26. The van der Waals surface area contributed by atoms with Crippen LogP contribution in [0.4, 0.5) is 0 Å². The van der Waals surface area contributed by atoms with E-state index in [4.69, 9.17) is 4.74 Å². The van der Waals surface area contributed by atoms with Gasteiger partial charge in [0.15, 0.2) is 0 Å². The van der Waals surface area contributed by atoms with Crippen LogP contribution in [0.1, 0.15) is 0 Å². The predicted molar refractivity (Wildman–Crippen MR) is 115 cm³/mol. The minimum absolute atomic E-state index is 0.245. The number of rotatable bonds is 5. The van der Waals surface area contributed by atoms with Crippen molar-refractivity contribution in [1.82, 2.24) is 4.57 Å². The number of para-hydroxylation sites is 2. The fraction of sp³-hybridized carbons (Fsp3) is 0.120. The zero-order chi connectivity index (χ0) is 18.9. The van der Waals surface area contributed by atoms with Crippen LogP contribution in [0.5, 0.6) is 5.75 Å². The summed E-state index contributed by atoms with van der Waals surface area (Å²) in [6, 6.07) is 30.8. The first-order chi connectivity index (χ1) is 13.8. The summed E-state index contributed by atoms with van der Waals surface area (Å²) in [7, 11) is 0. The van der Waals surface area contributed by atoms with Crippen molar-refractivity contribution in [1.29, 1.82) is 0 Å². The number of nitrogens with zero attached hydrogens (tertiary/aromatic N) is 1. The molecule has 0 saturated carbocycles. The molecule has 0 aliphatic rings. The minimum atomic E-state index is -0.613. The zero-order valence-electron chi connectivity index (χ0n) is 15.5. The number of fused-ring (bicyclic) bond motifs is 4. The maximum Gasteiger partial charge on any atom is 0.127 e. The Morgan fingerprint density at radius 3 is 1.96 bits per heavy atom. The molecule has 5 rings (SSSR count). The first-order valence-electron chi connectivity index (χ1n) is 9.56. The van der Waals surface area contributed by atoms with Crippen LogP contribution < -0.4 is 4.74 Å². The molecule has 0 bridgehead atoms. The highest BCUT2D eigenvalue weighted by Crippen LogP contribution is 2.29. The molecule has 1 heterocycles. The second-order valence-corrected chi connectivity index (χ2v) is 7.09. The molecule has 1 atom stereocenters. The summed E-state index contributed by atoms with van der Waals surface area (Å²) < 4.78 is 8.17. The van der Waals surface area contributed by atoms with Crippen molar-refractivity contribution in [2.45, 2.75) is 12.6 Å². The second-order valence-electron chi connectivity index (χ2n) is 7.09. The Bertz CT molecular complexity index is 1210. The molecule has 0 aliphatic heterocycles. The molecule has 4 aromatic carbocycles. The molecule has 0 saturated heterocycles. The molecule has 1 unspecified atom stereocenters. The zero-order valence-corrected chi connectivity index (χ0v) is 15.5. The fourth-order valence-electron chi connectivity index (χ4n) is 3.97. The molecule has 3 nitrogen and oxygen atoms in total. The summed E-state index contributed by atoms with van der Waals surface area (Å²) >= 11 is 0. The average Bonchev–Trinajstić information content (AvgIpc) is 3.06. The van der Waals surface area contributed by atoms with Gasteiger partial charge < -0.3 is 14.4 Å². The lowest BCUT2D eigenvalue weighted by molar-refractivity contribution is 0.0952. The van der Waals surface area contributed by atoms with E-state index >= 15 is 0 Å². The minimum Gasteiger partial charge on any atom is -0.490 e. The molecule has 1 N–H and O–H groups in total. The lowest BCUT2D eigenvalue weighted by Gasteiger charge is -2.16. The van der Waals surface area contributed by atoms with E-state index in [0.29, 0.717) is 6.54 Å². The maximum atomic E-state index is 10.7. The predicted octanol–water partition coefficient (Wildman–Crippen LogP) is 5.39. The third-order valence-corrected chi connectivity index (χ3v) is 5.25. The summed E-state index contributed by atoms with van der Waals surface area (Å²) in [6.07, 6.45) is -0.613. The molecule has 3 heteroatoms. The van der Waals surface area contributed by atoms with Gasteiger partial charge in [0.1, 0.15) is 18.5 Å². The van der Waals surface area contributed by atoms with Crippen molar-refractivity contribution in [3.63, 3.8) is 0 Å². The van der Waals surface area contributed by atoms with Crippen LogP contribution in [0.2, 0.25) is 0 Å².